The van der Waals surface area contributed by atoms with E-state index in [1.165, 1.54) is 36.0 Å². The van der Waals surface area contributed by atoms with E-state index in [4.69, 9.17) is 4.74 Å². The first-order chi connectivity index (χ1) is 15.3. The Bertz CT molecular complexity index is 1100. The van der Waals surface area contributed by atoms with Gasteiger partial charge in [-0.2, -0.15) is 0 Å². The molecule has 3 heterocycles. The molecule has 2 amide bonds. The second kappa shape index (κ2) is 8.62. The number of aromatic amines is 1. The third-order valence-electron chi connectivity index (χ3n) is 4.69. The standard InChI is InChI=1S/C17H15N7O7S/c25-10-7-32-16-13(18-12(26)5-11-19-21-22-20-11)15(27)23(16)14(10)17(28)31-6-8-1-3-9(4-2-8)24(29)30/h1-4,13,16,25H,5-7H2,(H,18,26)(H,19,20,21,22)/t13?,16-/m0/s1. The Morgan fingerprint density at radius 1 is 1.38 bits per heavy atom. The monoisotopic (exact) mass is 461 g/mol. The molecular weight excluding hydrogens is 446 g/mol. The number of rotatable bonds is 7. The van der Waals surface area contributed by atoms with Crippen molar-refractivity contribution in [1.82, 2.24) is 30.8 Å². The van der Waals surface area contributed by atoms with Crippen LogP contribution < -0.4 is 5.32 Å². The third-order valence-corrected chi connectivity index (χ3v) is 5.96. The van der Waals surface area contributed by atoms with Gasteiger partial charge in [0.1, 0.15) is 23.8 Å². The zero-order chi connectivity index (χ0) is 22.8. The zero-order valence-electron chi connectivity index (χ0n) is 16.1. The number of non-ortho nitro benzene ring substituents is 1. The number of carbonyl (C=O) groups is 3. The second-order valence-corrected chi connectivity index (χ2v) is 7.88. The number of H-pyrrole nitrogens is 1. The van der Waals surface area contributed by atoms with Gasteiger partial charge >= 0.3 is 5.97 Å². The first-order valence-corrected chi connectivity index (χ1v) is 10.2. The average Bonchev–Trinajstić information content (AvgIpc) is 3.28. The summed E-state index contributed by atoms with van der Waals surface area (Å²) in [4.78, 5) is 48.6. The number of hydrogen-bond acceptors (Lipinski definition) is 11. The number of β-lactam (4-membered cyclic amide) rings is 1. The Hall–Kier alpha value is -4.01. The van der Waals surface area contributed by atoms with E-state index in [9.17, 15) is 29.6 Å². The summed E-state index contributed by atoms with van der Waals surface area (Å²) in [5.74, 6) is -2.00. The Labute approximate surface area is 183 Å². The van der Waals surface area contributed by atoms with Crippen LogP contribution in [0, 0.1) is 10.1 Å². The highest BCUT2D eigenvalue weighted by atomic mass is 32.2. The maximum Gasteiger partial charge on any atom is 0.358 e. The lowest BCUT2D eigenvalue weighted by Gasteiger charge is -2.48. The number of aliphatic hydroxyl groups excluding tert-OH is 1. The maximum atomic E-state index is 12.6. The van der Waals surface area contributed by atoms with E-state index in [1.807, 2.05) is 0 Å². The predicted molar refractivity (Wildman–Crippen MR) is 105 cm³/mol. The Morgan fingerprint density at radius 2 is 2.12 bits per heavy atom. The molecule has 0 aliphatic carbocycles. The van der Waals surface area contributed by atoms with Gasteiger partial charge in [-0.15, -0.1) is 16.9 Å². The number of aromatic nitrogens is 4. The maximum absolute atomic E-state index is 12.6. The minimum Gasteiger partial charge on any atom is -0.509 e. The molecule has 2 aliphatic heterocycles. The molecule has 1 saturated heterocycles. The number of thioether (sulfide) groups is 1. The van der Waals surface area contributed by atoms with Crippen molar-refractivity contribution in [2.24, 2.45) is 0 Å². The number of nitro groups is 1. The highest BCUT2D eigenvalue weighted by molar-refractivity contribution is 8.00. The van der Waals surface area contributed by atoms with Gasteiger partial charge in [0.15, 0.2) is 11.5 Å². The fourth-order valence-electron chi connectivity index (χ4n) is 3.15. The highest BCUT2D eigenvalue weighted by Gasteiger charge is 2.54. The summed E-state index contributed by atoms with van der Waals surface area (Å²) >= 11 is 1.19. The van der Waals surface area contributed by atoms with Crippen LogP contribution in [0.4, 0.5) is 5.69 Å². The number of carbonyl (C=O) groups excluding carboxylic acids is 3. The van der Waals surface area contributed by atoms with Crippen LogP contribution in [0.2, 0.25) is 0 Å². The van der Waals surface area contributed by atoms with E-state index >= 15 is 0 Å². The van der Waals surface area contributed by atoms with E-state index in [1.54, 1.807) is 0 Å². The summed E-state index contributed by atoms with van der Waals surface area (Å²) in [5, 5.41) is 35.6. The fraction of sp³-hybridized carbons (Fsp3) is 0.294. The van der Waals surface area contributed by atoms with Gasteiger partial charge in [0, 0.05) is 12.1 Å². The lowest BCUT2D eigenvalue weighted by atomic mass is 10.0. The average molecular weight is 461 g/mol. The topological polar surface area (TPSA) is 194 Å². The Balaban J connectivity index is 1.38. The van der Waals surface area contributed by atoms with Gasteiger partial charge in [-0.1, -0.05) is 0 Å². The normalized spacial score (nSPS) is 19.8. The van der Waals surface area contributed by atoms with Crippen LogP contribution in [0.3, 0.4) is 0 Å². The molecule has 2 aromatic rings. The van der Waals surface area contributed by atoms with E-state index in [0.717, 1.165) is 4.90 Å². The van der Waals surface area contributed by atoms with Crippen LogP contribution in [0.25, 0.3) is 0 Å². The molecule has 15 heteroatoms. The van der Waals surface area contributed by atoms with Gasteiger partial charge in [-0.05, 0) is 28.1 Å². The van der Waals surface area contributed by atoms with Crippen molar-refractivity contribution in [2.75, 3.05) is 5.75 Å². The largest absolute Gasteiger partial charge is 0.509 e. The number of nitro benzene ring substituents is 1. The number of nitrogens with one attached hydrogen (secondary N) is 2. The van der Waals surface area contributed by atoms with Crippen molar-refractivity contribution in [3.63, 3.8) is 0 Å². The molecule has 2 atom stereocenters. The molecule has 1 aromatic heterocycles. The predicted octanol–water partition coefficient (Wildman–Crippen LogP) is -0.437. The van der Waals surface area contributed by atoms with Gasteiger partial charge in [-0.3, -0.25) is 24.6 Å². The second-order valence-electron chi connectivity index (χ2n) is 6.77. The van der Waals surface area contributed by atoms with Gasteiger partial charge < -0.3 is 15.2 Å². The number of ether oxygens (including phenoxy) is 1. The highest BCUT2D eigenvalue weighted by Crippen LogP contribution is 2.40. The third kappa shape index (κ3) is 4.09. The van der Waals surface area contributed by atoms with Crippen molar-refractivity contribution >= 4 is 35.2 Å². The molecule has 166 valence electrons. The van der Waals surface area contributed by atoms with Gasteiger partial charge in [0.25, 0.3) is 11.6 Å². The van der Waals surface area contributed by atoms with Gasteiger partial charge in [0.2, 0.25) is 5.91 Å². The number of aliphatic hydroxyl groups is 1. The summed E-state index contributed by atoms with van der Waals surface area (Å²) in [5.41, 5.74) is 0.102. The van der Waals surface area contributed by atoms with Crippen LogP contribution >= 0.6 is 11.8 Å². The van der Waals surface area contributed by atoms with Crippen LogP contribution in [-0.4, -0.2) is 70.5 Å². The molecule has 2 aliphatic rings. The lowest BCUT2D eigenvalue weighted by molar-refractivity contribution is -0.384. The molecule has 14 nitrogen and oxygen atoms in total. The molecule has 3 N–H and O–H groups in total. The lowest BCUT2D eigenvalue weighted by Crippen LogP contribution is -2.70. The number of tetrazole rings is 1. The minimum atomic E-state index is -0.919. The fourth-order valence-corrected chi connectivity index (χ4v) is 4.36. The number of benzene rings is 1. The summed E-state index contributed by atoms with van der Waals surface area (Å²) in [7, 11) is 0. The first kappa shape index (κ1) is 21.2. The van der Waals surface area contributed by atoms with E-state index in [2.05, 4.69) is 25.9 Å². The number of nitrogens with zero attached hydrogens (tertiary/aromatic N) is 5. The van der Waals surface area contributed by atoms with Crippen molar-refractivity contribution in [3.05, 3.63) is 57.2 Å². The molecule has 0 bridgehead atoms. The van der Waals surface area contributed by atoms with Crippen LogP contribution in [0.15, 0.2) is 35.7 Å². The molecule has 0 spiro atoms. The zero-order valence-corrected chi connectivity index (χ0v) is 16.9. The van der Waals surface area contributed by atoms with E-state index in [-0.39, 0.29) is 41.7 Å². The summed E-state index contributed by atoms with van der Waals surface area (Å²) in [6.45, 7) is -0.209. The summed E-state index contributed by atoms with van der Waals surface area (Å²) in [6.07, 6.45) is -0.153. The van der Waals surface area contributed by atoms with Crippen LogP contribution in [0.1, 0.15) is 11.4 Å². The molecule has 4 rings (SSSR count). The Kier molecular flexibility index (Phi) is 5.72. The van der Waals surface area contributed by atoms with E-state index < -0.39 is 34.1 Å². The summed E-state index contributed by atoms with van der Waals surface area (Å²) in [6, 6.07) is 4.53. The SMILES string of the molecule is O=C(Cc1nnn[nH]1)NC1C(=O)N2C(C(=O)OCc3ccc([N+](=O)[O-])cc3)=C(O)CS[C@@H]12. The van der Waals surface area contributed by atoms with Gasteiger partial charge in [0.05, 0.1) is 17.1 Å². The molecular formula is C17H15N7O7S. The van der Waals surface area contributed by atoms with Crippen molar-refractivity contribution < 1.29 is 29.2 Å². The number of fused-ring (bicyclic) bond motifs is 1. The van der Waals surface area contributed by atoms with E-state index in [0.29, 0.717) is 5.56 Å². The molecule has 0 saturated carbocycles. The molecule has 32 heavy (non-hydrogen) atoms. The summed E-state index contributed by atoms with van der Waals surface area (Å²) < 4.78 is 5.18. The smallest absolute Gasteiger partial charge is 0.358 e. The number of esters is 1. The molecule has 1 fully saturated rings. The first-order valence-electron chi connectivity index (χ1n) is 9.14. The van der Waals surface area contributed by atoms with Crippen molar-refractivity contribution in [3.8, 4) is 0 Å². The quantitative estimate of drug-likeness (QED) is 0.209. The minimum absolute atomic E-state index is 0.0504. The number of hydrogen-bond donors (Lipinski definition) is 3. The number of amides is 2. The van der Waals surface area contributed by atoms with Crippen molar-refractivity contribution in [2.45, 2.75) is 24.4 Å². The van der Waals surface area contributed by atoms with Crippen LogP contribution in [-0.2, 0) is 32.1 Å². The van der Waals surface area contributed by atoms with Gasteiger partial charge in [-0.25, -0.2) is 9.89 Å². The van der Waals surface area contributed by atoms with Crippen molar-refractivity contribution in [1.29, 1.82) is 0 Å². The molecule has 1 unspecified atom stereocenters. The Morgan fingerprint density at radius 3 is 2.78 bits per heavy atom. The molecule has 0 radical (unpaired) electrons. The molecule has 1 aromatic carbocycles. The van der Waals surface area contributed by atoms with Crippen LogP contribution in [0.5, 0.6) is 0 Å².